The zero-order chi connectivity index (χ0) is 18.8. The van der Waals surface area contributed by atoms with Crippen molar-refractivity contribution in [3.63, 3.8) is 0 Å². The smallest absolute Gasteiger partial charge is 0.219 e. The molecule has 152 valence electrons. The number of carbonyl (C=O) groups excluding carboxylic acids is 1. The third-order valence-corrected chi connectivity index (χ3v) is 4.79. The van der Waals surface area contributed by atoms with Crippen LogP contribution in [0.2, 0.25) is 0 Å². The van der Waals surface area contributed by atoms with E-state index in [0.29, 0.717) is 6.54 Å². The number of rotatable bonds is 7. The molecule has 0 aromatic heterocycles. The van der Waals surface area contributed by atoms with Crippen LogP contribution in [0.4, 0.5) is 0 Å². The topological polar surface area (TPSA) is 60.0 Å². The molecule has 1 aliphatic heterocycles. The third-order valence-electron chi connectivity index (χ3n) is 4.79. The lowest BCUT2D eigenvalue weighted by molar-refractivity contribution is -0.130. The van der Waals surface area contributed by atoms with Gasteiger partial charge in [-0.1, -0.05) is 31.2 Å². The van der Waals surface area contributed by atoms with E-state index in [1.54, 1.807) is 6.92 Å². The molecule has 1 aromatic carbocycles. The van der Waals surface area contributed by atoms with Gasteiger partial charge in [0.25, 0.3) is 0 Å². The number of halogens is 1. The second-order valence-electron chi connectivity index (χ2n) is 6.59. The van der Waals surface area contributed by atoms with Crippen LogP contribution in [-0.2, 0) is 17.8 Å². The summed E-state index contributed by atoms with van der Waals surface area (Å²) in [7, 11) is 0. The fraction of sp³-hybridized carbons (Fsp3) is 0.600. The highest BCUT2D eigenvalue weighted by Gasteiger charge is 2.17. The Morgan fingerprint density at radius 1 is 1.07 bits per heavy atom. The number of piperazine rings is 1. The monoisotopic (exact) mass is 487 g/mol. The first kappa shape index (κ1) is 23.7. The van der Waals surface area contributed by atoms with Crippen LogP contribution in [0.25, 0.3) is 0 Å². The van der Waals surface area contributed by atoms with Gasteiger partial charge in [-0.2, -0.15) is 0 Å². The van der Waals surface area contributed by atoms with Crippen molar-refractivity contribution in [3.05, 3.63) is 35.4 Å². The molecule has 0 unspecified atom stereocenters. The Balaban J connectivity index is 0.00000364. The van der Waals surface area contributed by atoms with Crippen LogP contribution in [0.15, 0.2) is 29.3 Å². The average Bonchev–Trinajstić information content (AvgIpc) is 2.66. The summed E-state index contributed by atoms with van der Waals surface area (Å²) in [6.07, 6.45) is 1.03. The van der Waals surface area contributed by atoms with Crippen molar-refractivity contribution < 1.29 is 4.79 Å². The van der Waals surface area contributed by atoms with Crippen LogP contribution < -0.4 is 10.6 Å². The van der Waals surface area contributed by atoms with Gasteiger partial charge in [0.05, 0.1) is 6.54 Å². The van der Waals surface area contributed by atoms with Crippen molar-refractivity contribution in [2.24, 2.45) is 4.99 Å². The molecule has 1 aromatic rings. The molecule has 0 radical (unpaired) electrons. The molecule has 1 amide bonds. The number of benzene rings is 1. The lowest BCUT2D eigenvalue weighted by Crippen LogP contribution is -2.50. The Bertz CT molecular complexity index is 600. The highest BCUT2D eigenvalue weighted by Crippen LogP contribution is 2.10. The highest BCUT2D eigenvalue weighted by atomic mass is 127. The van der Waals surface area contributed by atoms with Crippen molar-refractivity contribution in [3.8, 4) is 0 Å². The summed E-state index contributed by atoms with van der Waals surface area (Å²) in [6, 6.07) is 8.48. The number of hydrogen-bond acceptors (Lipinski definition) is 3. The minimum absolute atomic E-state index is 0. The van der Waals surface area contributed by atoms with Crippen molar-refractivity contribution in [2.45, 2.75) is 33.7 Å². The Labute approximate surface area is 180 Å². The number of amides is 1. The van der Waals surface area contributed by atoms with E-state index >= 15 is 0 Å². The molecule has 2 rings (SSSR count). The molecule has 0 aliphatic carbocycles. The lowest BCUT2D eigenvalue weighted by atomic mass is 10.1. The van der Waals surface area contributed by atoms with Crippen LogP contribution in [0.3, 0.4) is 0 Å². The van der Waals surface area contributed by atoms with Gasteiger partial charge in [-0.05, 0) is 24.5 Å². The number of carbonyl (C=O) groups is 1. The molecular weight excluding hydrogens is 453 g/mol. The van der Waals surface area contributed by atoms with Gasteiger partial charge >= 0.3 is 0 Å². The standard InChI is InChI=1S/C20H33N5O.HI/c1-4-18-8-6-7-9-19(18)16-23-20(21-5-2)22-10-11-24-12-14-25(15-13-24)17(3)26;/h6-9H,4-5,10-16H2,1-3H3,(H2,21,22,23);1H. The van der Waals surface area contributed by atoms with E-state index in [2.05, 4.69) is 53.6 Å². The molecule has 1 fully saturated rings. The second-order valence-corrected chi connectivity index (χ2v) is 6.59. The number of guanidine groups is 1. The molecular formula is C20H34IN5O. The second kappa shape index (κ2) is 12.9. The van der Waals surface area contributed by atoms with Crippen molar-refractivity contribution in [2.75, 3.05) is 45.8 Å². The largest absolute Gasteiger partial charge is 0.357 e. The summed E-state index contributed by atoms with van der Waals surface area (Å²) in [5, 5.41) is 6.74. The zero-order valence-corrected chi connectivity index (χ0v) is 19.2. The first-order valence-corrected chi connectivity index (χ1v) is 9.70. The Kier molecular flexibility index (Phi) is 11.3. The lowest BCUT2D eigenvalue weighted by Gasteiger charge is -2.34. The van der Waals surface area contributed by atoms with Crippen molar-refractivity contribution in [1.29, 1.82) is 0 Å². The van der Waals surface area contributed by atoms with E-state index in [0.717, 1.165) is 58.2 Å². The minimum Gasteiger partial charge on any atom is -0.357 e. The number of aryl methyl sites for hydroxylation is 1. The maximum Gasteiger partial charge on any atom is 0.219 e. The van der Waals surface area contributed by atoms with Crippen molar-refractivity contribution >= 4 is 35.8 Å². The molecule has 0 atom stereocenters. The van der Waals surface area contributed by atoms with Gasteiger partial charge in [0, 0.05) is 52.7 Å². The Hall–Kier alpha value is -1.35. The third kappa shape index (κ3) is 8.04. The quantitative estimate of drug-likeness (QED) is 0.352. The normalized spacial score (nSPS) is 15.2. The van der Waals surface area contributed by atoms with Crippen molar-refractivity contribution in [1.82, 2.24) is 20.4 Å². The summed E-state index contributed by atoms with van der Waals surface area (Å²) in [4.78, 5) is 20.4. The number of hydrogen-bond donors (Lipinski definition) is 2. The van der Waals surface area contributed by atoms with E-state index in [-0.39, 0.29) is 29.9 Å². The zero-order valence-electron chi connectivity index (χ0n) is 16.8. The van der Waals surface area contributed by atoms with Crippen LogP contribution in [-0.4, -0.2) is 67.5 Å². The molecule has 0 saturated carbocycles. The minimum atomic E-state index is 0. The van der Waals surface area contributed by atoms with Crippen LogP contribution in [0.1, 0.15) is 31.9 Å². The van der Waals surface area contributed by atoms with Gasteiger partial charge in [-0.25, -0.2) is 4.99 Å². The molecule has 1 saturated heterocycles. The van der Waals surface area contributed by atoms with Gasteiger partial charge in [-0.15, -0.1) is 24.0 Å². The summed E-state index contributed by atoms with van der Waals surface area (Å²) >= 11 is 0. The van der Waals surface area contributed by atoms with E-state index in [1.807, 2.05) is 4.90 Å². The van der Waals surface area contributed by atoms with Gasteiger partial charge < -0.3 is 15.5 Å². The highest BCUT2D eigenvalue weighted by molar-refractivity contribution is 14.0. The molecule has 6 nitrogen and oxygen atoms in total. The number of nitrogens with one attached hydrogen (secondary N) is 2. The fourth-order valence-corrected chi connectivity index (χ4v) is 3.18. The average molecular weight is 487 g/mol. The first-order chi connectivity index (χ1) is 12.6. The predicted octanol–water partition coefficient (Wildman–Crippen LogP) is 2.09. The van der Waals surface area contributed by atoms with Gasteiger partial charge in [0.15, 0.2) is 5.96 Å². The first-order valence-electron chi connectivity index (χ1n) is 9.70. The van der Waals surface area contributed by atoms with Crippen LogP contribution >= 0.6 is 24.0 Å². The fourth-order valence-electron chi connectivity index (χ4n) is 3.18. The van der Waals surface area contributed by atoms with E-state index in [1.165, 1.54) is 11.1 Å². The Morgan fingerprint density at radius 3 is 2.33 bits per heavy atom. The SMILES string of the molecule is CCNC(=NCc1ccccc1CC)NCCN1CCN(C(C)=O)CC1.I. The molecule has 0 bridgehead atoms. The summed E-state index contributed by atoms with van der Waals surface area (Å²) < 4.78 is 0. The summed E-state index contributed by atoms with van der Waals surface area (Å²) in [5.74, 6) is 1.04. The van der Waals surface area contributed by atoms with E-state index in [4.69, 9.17) is 4.99 Å². The van der Waals surface area contributed by atoms with Gasteiger partial charge in [-0.3, -0.25) is 9.69 Å². The molecule has 27 heavy (non-hydrogen) atoms. The van der Waals surface area contributed by atoms with Gasteiger partial charge in [0.2, 0.25) is 5.91 Å². The van der Waals surface area contributed by atoms with E-state index in [9.17, 15) is 4.79 Å². The molecule has 1 aliphatic rings. The van der Waals surface area contributed by atoms with Gasteiger partial charge in [0.1, 0.15) is 0 Å². The summed E-state index contributed by atoms with van der Waals surface area (Å²) in [5.41, 5.74) is 2.64. The molecule has 0 spiro atoms. The van der Waals surface area contributed by atoms with Crippen LogP contribution in [0.5, 0.6) is 0 Å². The number of aliphatic imine (C=N–C) groups is 1. The molecule has 1 heterocycles. The predicted molar refractivity (Wildman–Crippen MR) is 123 cm³/mol. The number of nitrogens with zero attached hydrogens (tertiary/aromatic N) is 3. The maximum atomic E-state index is 11.4. The Morgan fingerprint density at radius 2 is 1.74 bits per heavy atom. The molecule has 2 N–H and O–H groups in total. The van der Waals surface area contributed by atoms with Crippen LogP contribution in [0, 0.1) is 0 Å². The molecule has 7 heteroatoms. The maximum absolute atomic E-state index is 11.4. The summed E-state index contributed by atoms with van der Waals surface area (Å²) in [6.45, 7) is 12.8. The van der Waals surface area contributed by atoms with E-state index < -0.39 is 0 Å².